The van der Waals surface area contributed by atoms with Gasteiger partial charge in [0.1, 0.15) is 28.7 Å². The highest BCUT2D eigenvalue weighted by Crippen LogP contribution is 2.33. The van der Waals surface area contributed by atoms with Crippen LogP contribution in [0.1, 0.15) is 75.3 Å². The number of benzene rings is 3. The monoisotopic (exact) mass is 881 g/mol. The molecule has 0 radical (unpaired) electrons. The number of hydrogen-bond acceptors (Lipinski definition) is 15. The third kappa shape index (κ3) is 15.5. The molecule has 0 atom stereocenters. The summed E-state index contributed by atoms with van der Waals surface area (Å²) >= 11 is 0. The summed E-state index contributed by atoms with van der Waals surface area (Å²) < 4.78 is 43.5. The lowest BCUT2D eigenvalue weighted by atomic mass is 9.82. The lowest BCUT2D eigenvalue weighted by molar-refractivity contribution is -0.152. The average Bonchev–Trinajstić information content (AvgIpc) is 3.32. The Hall–Kier alpha value is -6.77. The largest absolute Gasteiger partial charge is 0.493 e. The molecular formula is C49H55NO14. The van der Waals surface area contributed by atoms with Gasteiger partial charge in [-0.1, -0.05) is 19.2 Å². The second kappa shape index (κ2) is 25.4. The topological polar surface area (TPSA) is 200 Å². The summed E-state index contributed by atoms with van der Waals surface area (Å²) in [7, 11) is 0. The maximum Gasteiger partial charge on any atom is 0.330 e. The normalized spacial score (nSPS) is 17.9. The fourth-order valence-corrected chi connectivity index (χ4v) is 7.24. The van der Waals surface area contributed by atoms with E-state index in [-0.39, 0.29) is 61.2 Å². The molecule has 0 aromatic heterocycles. The van der Waals surface area contributed by atoms with E-state index in [1.807, 2.05) is 0 Å². The van der Waals surface area contributed by atoms with Crippen LogP contribution in [0, 0.1) is 29.1 Å². The fraction of sp³-hybridized carbons (Fsp3) is 0.408. The Kier molecular flexibility index (Phi) is 19.1. The van der Waals surface area contributed by atoms with Crippen molar-refractivity contribution < 1.29 is 66.7 Å². The van der Waals surface area contributed by atoms with Gasteiger partial charge in [-0.25, -0.2) is 9.59 Å². The molecule has 2 aliphatic carbocycles. The summed E-state index contributed by atoms with van der Waals surface area (Å²) in [6, 6.07) is 18.5. The number of carbonyl (C=O) groups is 6. The predicted molar refractivity (Wildman–Crippen MR) is 232 cm³/mol. The molecule has 0 amide bonds. The SMILES string of the molecule is C=CC(=O)OCCCOc1ccc(OC(=O)C2CCC(C(=O)OCCc3ccc(OC(=O)C4CCC(C(=O)Oc5ccc(OCCCOC(=O)C=C)cc5)CC4)c(C=N)c3)CC2)cc1. The van der Waals surface area contributed by atoms with E-state index in [2.05, 4.69) is 13.2 Å². The summed E-state index contributed by atoms with van der Waals surface area (Å²) in [6.45, 7) is 7.95. The quantitative estimate of drug-likeness (QED) is 0.0245. The molecule has 3 aromatic rings. The molecule has 0 saturated heterocycles. The van der Waals surface area contributed by atoms with Crippen LogP contribution in [0.5, 0.6) is 28.7 Å². The van der Waals surface area contributed by atoms with Crippen LogP contribution in [0.4, 0.5) is 0 Å². The molecule has 0 heterocycles. The standard InChI is InChI=1S/C49H55NO14/c1-3-44(51)59-28-5-26-57-39-16-20-41(21-17-39)62-47(54)35-10-8-34(9-11-35)46(53)61-30-25-33-7-24-43(38(31-33)32-50)64-49(56)37-14-12-36(13-15-37)48(55)63-42-22-18-40(19-23-42)58-27-6-29-60-45(52)4-2/h3-4,7,16-24,31-32,34-37,50H,1-2,5-6,8-15,25-30H2. The maximum atomic E-state index is 13.1. The summed E-state index contributed by atoms with van der Waals surface area (Å²) in [5.74, 6) is -1.64. The second-order valence-corrected chi connectivity index (χ2v) is 15.4. The van der Waals surface area contributed by atoms with Crippen molar-refractivity contribution in [3.05, 3.63) is 103 Å². The van der Waals surface area contributed by atoms with E-state index < -0.39 is 23.8 Å². The molecule has 1 N–H and O–H groups in total. The first-order valence-electron chi connectivity index (χ1n) is 21.5. The van der Waals surface area contributed by atoms with Crippen LogP contribution in [0.2, 0.25) is 0 Å². The Morgan fingerprint density at radius 1 is 0.500 bits per heavy atom. The number of rotatable bonds is 23. The van der Waals surface area contributed by atoms with Crippen molar-refractivity contribution in [2.24, 2.45) is 23.7 Å². The summed E-state index contributed by atoms with van der Waals surface area (Å²) in [4.78, 5) is 74.0. The Labute approximate surface area is 372 Å². The van der Waals surface area contributed by atoms with Gasteiger partial charge in [0.25, 0.3) is 0 Å². The van der Waals surface area contributed by atoms with Gasteiger partial charge in [0, 0.05) is 43.2 Å². The second-order valence-electron chi connectivity index (χ2n) is 15.4. The van der Waals surface area contributed by atoms with Crippen LogP contribution >= 0.6 is 0 Å². The van der Waals surface area contributed by atoms with E-state index in [0.717, 1.165) is 23.9 Å². The van der Waals surface area contributed by atoms with E-state index >= 15 is 0 Å². The van der Waals surface area contributed by atoms with Crippen molar-refractivity contribution in [2.75, 3.05) is 33.0 Å². The van der Waals surface area contributed by atoms with Gasteiger partial charge < -0.3 is 43.3 Å². The van der Waals surface area contributed by atoms with Crippen LogP contribution in [-0.2, 0) is 49.4 Å². The van der Waals surface area contributed by atoms with Gasteiger partial charge in [0.05, 0.1) is 56.7 Å². The Balaban J connectivity index is 0.954. The van der Waals surface area contributed by atoms with Gasteiger partial charge in [-0.05, 0) is 118 Å². The van der Waals surface area contributed by atoms with Crippen molar-refractivity contribution in [3.63, 3.8) is 0 Å². The van der Waals surface area contributed by atoms with Crippen LogP contribution in [0.15, 0.2) is 92.0 Å². The molecule has 0 bridgehead atoms. The number of nitrogens with one attached hydrogen (secondary N) is 1. The van der Waals surface area contributed by atoms with E-state index in [4.69, 9.17) is 43.3 Å². The molecule has 0 unspecified atom stereocenters. The van der Waals surface area contributed by atoms with Gasteiger partial charge in [0.2, 0.25) is 0 Å². The molecule has 5 rings (SSSR count). The lowest BCUT2D eigenvalue weighted by Crippen LogP contribution is -2.30. The summed E-state index contributed by atoms with van der Waals surface area (Å²) in [5, 5.41) is 7.93. The minimum absolute atomic E-state index is 0.128. The first-order valence-corrected chi connectivity index (χ1v) is 21.5. The molecule has 2 saturated carbocycles. The minimum Gasteiger partial charge on any atom is -0.493 e. The Morgan fingerprint density at radius 3 is 1.33 bits per heavy atom. The van der Waals surface area contributed by atoms with Crippen molar-refractivity contribution in [3.8, 4) is 28.7 Å². The van der Waals surface area contributed by atoms with E-state index in [0.29, 0.717) is 112 Å². The zero-order chi connectivity index (χ0) is 45.7. The first kappa shape index (κ1) is 48.3. The molecule has 15 heteroatoms. The van der Waals surface area contributed by atoms with Gasteiger partial charge in [-0.2, -0.15) is 0 Å². The zero-order valence-corrected chi connectivity index (χ0v) is 35.8. The van der Waals surface area contributed by atoms with Gasteiger partial charge in [0.15, 0.2) is 0 Å². The average molecular weight is 882 g/mol. The predicted octanol–water partition coefficient (Wildman–Crippen LogP) is 7.50. The van der Waals surface area contributed by atoms with Crippen molar-refractivity contribution >= 4 is 42.0 Å². The van der Waals surface area contributed by atoms with Gasteiger partial charge in [-0.3, -0.25) is 19.2 Å². The minimum atomic E-state index is -0.485. The maximum absolute atomic E-state index is 13.1. The first-order chi connectivity index (χ1) is 31.0. The molecule has 2 aliphatic rings. The Bertz CT molecular complexity index is 2080. The molecule has 340 valence electrons. The lowest BCUT2D eigenvalue weighted by Gasteiger charge is -2.26. The smallest absolute Gasteiger partial charge is 0.330 e. The van der Waals surface area contributed by atoms with Crippen LogP contribution in [0.25, 0.3) is 0 Å². The number of ether oxygens (including phenoxy) is 8. The fourth-order valence-electron chi connectivity index (χ4n) is 7.24. The molecule has 0 spiro atoms. The van der Waals surface area contributed by atoms with Crippen molar-refractivity contribution in [1.82, 2.24) is 0 Å². The van der Waals surface area contributed by atoms with Gasteiger partial charge >= 0.3 is 35.8 Å². The third-order valence-electron chi connectivity index (χ3n) is 10.9. The number of esters is 6. The van der Waals surface area contributed by atoms with Crippen LogP contribution in [-0.4, -0.2) is 75.1 Å². The number of hydrogen-bond donors (Lipinski definition) is 1. The molecular weight excluding hydrogens is 827 g/mol. The molecule has 64 heavy (non-hydrogen) atoms. The highest BCUT2D eigenvalue weighted by atomic mass is 16.6. The third-order valence-corrected chi connectivity index (χ3v) is 10.9. The number of carbonyl (C=O) groups excluding carboxylic acids is 6. The van der Waals surface area contributed by atoms with Crippen molar-refractivity contribution in [1.29, 1.82) is 5.41 Å². The summed E-state index contributed by atoms with van der Waals surface area (Å²) in [5.41, 5.74) is 1.21. The molecule has 15 nitrogen and oxygen atoms in total. The molecule has 0 aliphatic heterocycles. The molecule has 2 fully saturated rings. The zero-order valence-electron chi connectivity index (χ0n) is 35.8. The van der Waals surface area contributed by atoms with Crippen molar-refractivity contribution in [2.45, 2.75) is 70.6 Å². The van der Waals surface area contributed by atoms with E-state index in [1.54, 1.807) is 66.7 Å². The summed E-state index contributed by atoms with van der Waals surface area (Å²) in [6.07, 6.45) is 8.59. The van der Waals surface area contributed by atoms with E-state index in [1.165, 1.54) is 0 Å². The highest BCUT2D eigenvalue weighted by molar-refractivity contribution is 5.85. The van der Waals surface area contributed by atoms with Crippen LogP contribution in [0.3, 0.4) is 0 Å². The van der Waals surface area contributed by atoms with E-state index in [9.17, 15) is 28.8 Å². The molecule has 3 aromatic carbocycles. The Morgan fingerprint density at radius 2 is 0.906 bits per heavy atom. The van der Waals surface area contributed by atoms with Gasteiger partial charge in [-0.15, -0.1) is 0 Å². The highest BCUT2D eigenvalue weighted by Gasteiger charge is 2.33. The van der Waals surface area contributed by atoms with Crippen LogP contribution < -0.4 is 23.7 Å².